The molecule has 0 bridgehead atoms. The van der Waals surface area contributed by atoms with Gasteiger partial charge >= 0.3 is 0 Å². The molecule has 1 aliphatic rings. The molecule has 1 aliphatic heterocycles. The standard InChI is InChI=1S/C19H25N3S/c1-15(14-20-17-10-12-22(2)13-11-17)21-19-9-8-18(23-19)16-6-4-3-5-7-16/h3-9,17,20-21H,1,10-14H2,2H3. The van der Waals surface area contributed by atoms with Crippen molar-refractivity contribution in [2.45, 2.75) is 18.9 Å². The molecule has 1 aromatic heterocycles. The predicted octanol–water partition coefficient (Wildman–Crippen LogP) is 4.02. The first-order valence-electron chi connectivity index (χ1n) is 8.23. The highest BCUT2D eigenvalue weighted by Gasteiger charge is 2.15. The third-order valence-electron chi connectivity index (χ3n) is 4.29. The second-order valence-electron chi connectivity index (χ2n) is 6.22. The van der Waals surface area contributed by atoms with Gasteiger partial charge in [-0.15, -0.1) is 11.3 Å². The predicted molar refractivity (Wildman–Crippen MR) is 101 cm³/mol. The molecule has 2 heterocycles. The minimum atomic E-state index is 0.618. The van der Waals surface area contributed by atoms with Crippen molar-refractivity contribution in [2.24, 2.45) is 0 Å². The summed E-state index contributed by atoms with van der Waals surface area (Å²) >= 11 is 1.77. The zero-order valence-corrected chi connectivity index (χ0v) is 14.5. The van der Waals surface area contributed by atoms with E-state index in [4.69, 9.17) is 0 Å². The Hall–Kier alpha value is -1.62. The van der Waals surface area contributed by atoms with Crippen LogP contribution in [0.1, 0.15) is 12.8 Å². The van der Waals surface area contributed by atoms with Crippen molar-refractivity contribution in [2.75, 3.05) is 32.0 Å². The van der Waals surface area contributed by atoms with Gasteiger partial charge in [-0.05, 0) is 50.7 Å². The maximum absolute atomic E-state index is 4.15. The maximum Gasteiger partial charge on any atom is 0.0930 e. The number of anilines is 1. The summed E-state index contributed by atoms with van der Waals surface area (Å²) < 4.78 is 0. The summed E-state index contributed by atoms with van der Waals surface area (Å²) in [6, 6.07) is 15.4. The number of nitrogens with zero attached hydrogens (tertiary/aromatic N) is 1. The SMILES string of the molecule is C=C(CNC1CCN(C)CC1)Nc1ccc(-c2ccccc2)s1. The number of thiophene rings is 1. The Morgan fingerprint density at radius 2 is 1.91 bits per heavy atom. The minimum absolute atomic E-state index is 0.618. The van der Waals surface area contributed by atoms with Crippen LogP contribution < -0.4 is 10.6 Å². The van der Waals surface area contributed by atoms with E-state index in [0.29, 0.717) is 6.04 Å². The molecule has 3 rings (SSSR count). The summed E-state index contributed by atoms with van der Waals surface area (Å²) in [4.78, 5) is 3.67. The van der Waals surface area contributed by atoms with E-state index in [0.717, 1.165) is 17.2 Å². The molecule has 0 aliphatic carbocycles. The number of piperidine rings is 1. The van der Waals surface area contributed by atoms with Gasteiger partial charge in [-0.1, -0.05) is 36.9 Å². The van der Waals surface area contributed by atoms with E-state index in [-0.39, 0.29) is 0 Å². The third kappa shape index (κ3) is 4.67. The molecule has 23 heavy (non-hydrogen) atoms. The van der Waals surface area contributed by atoms with Gasteiger partial charge in [-0.3, -0.25) is 0 Å². The molecule has 2 aromatic rings. The molecule has 0 unspecified atom stereocenters. The Labute approximate surface area is 143 Å². The highest BCUT2D eigenvalue weighted by Crippen LogP contribution is 2.31. The fourth-order valence-corrected chi connectivity index (χ4v) is 3.82. The number of benzene rings is 1. The van der Waals surface area contributed by atoms with E-state index in [1.807, 2.05) is 6.07 Å². The van der Waals surface area contributed by atoms with Crippen LogP contribution in [0.2, 0.25) is 0 Å². The lowest BCUT2D eigenvalue weighted by molar-refractivity contribution is 0.237. The average molecular weight is 327 g/mol. The van der Waals surface area contributed by atoms with Gasteiger partial charge in [0.05, 0.1) is 5.00 Å². The quantitative estimate of drug-likeness (QED) is 0.839. The summed E-state index contributed by atoms with van der Waals surface area (Å²) in [5, 5.41) is 8.20. The first-order valence-corrected chi connectivity index (χ1v) is 9.04. The molecule has 0 saturated carbocycles. The summed E-state index contributed by atoms with van der Waals surface area (Å²) in [6.45, 7) is 7.35. The molecule has 1 saturated heterocycles. The van der Waals surface area contributed by atoms with Crippen LogP contribution in [0.4, 0.5) is 5.00 Å². The maximum atomic E-state index is 4.15. The summed E-state index contributed by atoms with van der Waals surface area (Å²) in [7, 11) is 2.19. The van der Waals surface area contributed by atoms with E-state index in [2.05, 4.69) is 65.6 Å². The first-order chi connectivity index (χ1) is 11.2. The zero-order chi connectivity index (χ0) is 16.1. The van der Waals surface area contributed by atoms with E-state index in [9.17, 15) is 0 Å². The number of nitrogens with one attached hydrogen (secondary N) is 2. The van der Waals surface area contributed by atoms with Crippen molar-refractivity contribution in [3.8, 4) is 10.4 Å². The van der Waals surface area contributed by atoms with Crippen molar-refractivity contribution < 1.29 is 0 Å². The largest absolute Gasteiger partial charge is 0.350 e. The highest BCUT2D eigenvalue weighted by molar-refractivity contribution is 7.19. The highest BCUT2D eigenvalue weighted by atomic mass is 32.1. The molecule has 1 aromatic carbocycles. The molecule has 122 valence electrons. The van der Waals surface area contributed by atoms with Gasteiger partial charge in [0.2, 0.25) is 0 Å². The van der Waals surface area contributed by atoms with Crippen LogP contribution in [-0.4, -0.2) is 37.6 Å². The molecule has 0 spiro atoms. The summed E-state index contributed by atoms with van der Waals surface area (Å²) in [6.07, 6.45) is 2.45. The van der Waals surface area contributed by atoms with Gasteiger partial charge in [0.1, 0.15) is 0 Å². The lowest BCUT2D eigenvalue weighted by atomic mass is 10.1. The Morgan fingerprint density at radius 1 is 1.17 bits per heavy atom. The fourth-order valence-electron chi connectivity index (χ4n) is 2.86. The van der Waals surface area contributed by atoms with Crippen molar-refractivity contribution in [1.29, 1.82) is 0 Å². The van der Waals surface area contributed by atoms with Crippen LogP contribution in [0.25, 0.3) is 10.4 Å². The monoisotopic (exact) mass is 327 g/mol. The molecular weight excluding hydrogens is 302 g/mol. The van der Waals surface area contributed by atoms with Crippen molar-refractivity contribution >= 4 is 16.3 Å². The Bertz CT molecular complexity index is 627. The average Bonchev–Trinajstić information content (AvgIpc) is 3.04. The van der Waals surface area contributed by atoms with Gasteiger partial charge in [0.15, 0.2) is 0 Å². The van der Waals surface area contributed by atoms with Gasteiger partial charge in [-0.2, -0.15) is 0 Å². The Morgan fingerprint density at radius 3 is 2.65 bits per heavy atom. The smallest absolute Gasteiger partial charge is 0.0930 e. The normalized spacial score (nSPS) is 16.4. The van der Waals surface area contributed by atoms with Crippen LogP contribution in [-0.2, 0) is 0 Å². The lowest BCUT2D eigenvalue weighted by Crippen LogP contribution is -2.41. The van der Waals surface area contributed by atoms with E-state index in [1.54, 1.807) is 11.3 Å². The molecule has 3 nitrogen and oxygen atoms in total. The van der Waals surface area contributed by atoms with Gasteiger partial charge in [0, 0.05) is 23.2 Å². The second-order valence-corrected chi connectivity index (χ2v) is 7.30. The van der Waals surface area contributed by atoms with E-state index < -0.39 is 0 Å². The topological polar surface area (TPSA) is 27.3 Å². The van der Waals surface area contributed by atoms with Crippen molar-refractivity contribution in [3.63, 3.8) is 0 Å². The summed E-state index contributed by atoms with van der Waals surface area (Å²) in [5.74, 6) is 0. The Balaban J connectivity index is 1.48. The molecule has 4 heteroatoms. The number of hydrogen-bond donors (Lipinski definition) is 2. The van der Waals surface area contributed by atoms with Crippen molar-refractivity contribution in [1.82, 2.24) is 10.2 Å². The van der Waals surface area contributed by atoms with Gasteiger partial charge < -0.3 is 15.5 Å². The number of likely N-dealkylation sites (tertiary alicyclic amines) is 1. The molecule has 0 atom stereocenters. The third-order valence-corrected chi connectivity index (χ3v) is 5.34. The zero-order valence-electron chi connectivity index (χ0n) is 13.7. The van der Waals surface area contributed by atoms with Gasteiger partial charge in [-0.25, -0.2) is 0 Å². The molecule has 0 radical (unpaired) electrons. The Kier molecular flexibility index (Phi) is 5.49. The molecule has 1 fully saturated rings. The molecule has 0 amide bonds. The lowest BCUT2D eigenvalue weighted by Gasteiger charge is -2.29. The minimum Gasteiger partial charge on any atom is -0.350 e. The van der Waals surface area contributed by atoms with Crippen LogP contribution in [0.3, 0.4) is 0 Å². The van der Waals surface area contributed by atoms with E-state index >= 15 is 0 Å². The second kappa shape index (κ2) is 7.77. The molecular formula is C19H25N3S. The van der Waals surface area contributed by atoms with Crippen LogP contribution in [0.15, 0.2) is 54.7 Å². The van der Waals surface area contributed by atoms with Crippen LogP contribution in [0.5, 0.6) is 0 Å². The van der Waals surface area contributed by atoms with E-state index in [1.165, 1.54) is 36.4 Å². The summed E-state index contributed by atoms with van der Waals surface area (Å²) in [5.41, 5.74) is 2.30. The van der Waals surface area contributed by atoms with Crippen LogP contribution in [0, 0.1) is 0 Å². The first kappa shape index (κ1) is 16.2. The van der Waals surface area contributed by atoms with Gasteiger partial charge in [0.25, 0.3) is 0 Å². The molecule has 2 N–H and O–H groups in total. The fraction of sp³-hybridized carbons (Fsp3) is 0.368. The number of hydrogen-bond acceptors (Lipinski definition) is 4. The van der Waals surface area contributed by atoms with Crippen LogP contribution >= 0.6 is 11.3 Å². The number of rotatable bonds is 6. The van der Waals surface area contributed by atoms with Crippen molar-refractivity contribution in [3.05, 3.63) is 54.7 Å².